The van der Waals surface area contributed by atoms with Crippen molar-refractivity contribution in [3.8, 4) is 22.9 Å². The van der Waals surface area contributed by atoms with Crippen molar-refractivity contribution >= 4 is 28.4 Å². The zero-order chi connectivity index (χ0) is 21.4. The van der Waals surface area contributed by atoms with E-state index in [-0.39, 0.29) is 11.3 Å². The minimum Gasteiger partial charge on any atom is -0.453 e. The normalized spacial score (nSPS) is 13.8. The number of alkyl halides is 3. The van der Waals surface area contributed by atoms with Crippen molar-refractivity contribution < 1.29 is 17.6 Å². The van der Waals surface area contributed by atoms with Crippen molar-refractivity contribution in [1.82, 2.24) is 20.2 Å². The monoisotopic (exact) mass is 443 g/mol. The number of furan rings is 1. The number of rotatable bonds is 5. The van der Waals surface area contributed by atoms with Crippen LogP contribution in [-0.2, 0) is 6.18 Å². The molecule has 0 saturated heterocycles. The molecule has 4 aromatic rings. The molecule has 0 unspecified atom stereocenters. The van der Waals surface area contributed by atoms with Gasteiger partial charge in [-0.05, 0) is 35.6 Å². The zero-order valence-corrected chi connectivity index (χ0v) is 16.4. The van der Waals surface area contributed by atoms with E-state index in [2.05, 4.69) is 35.6 Å². The molecule has 3 aromatic heterocycles. The summed E-state index contributed by atoms with van der Waals surface area (Å²) in [5, 5.41) is 19.0. The highest BCUT2D eigenvalue weighted by Gasteiger charge is 2.34. The van der Waals surface area contributed by atoms with Gasteiger partial charge < -0.3 is 4.42 Å². The van der Waals surface area contributed by atoms with Crippen LogP contribution in [0.2, 0.25) is 0 Å². The molecular weight excluding hydrogens is 431 g/mol. The summed E-state index contributed by atoms with van der Waals surface area (Å²) >= 11 is 1.36. The van der Waals surface area contributed by atoms with Crippen LogP contribution in [0.1, 0.15) is 5.56 Å². The first-order valence-corrected chi connectivity index (χ1v) is 10.00. The highest BCUT2D eigenvalue weighted by Crippen LogP contribution is 2.38. The van der Waals surface area contributed by atoms with Crippen LogP contribution in [0.5, 0.6) is 0 Å². The van der Waals surface area contributed by atoms with Crippen LogP contribution < -0.4 is 0 Å². The predicted octanol–water partition coefficient (Wildman–Crippen LogP) is 5.21. The zero-order valence-electron chi connectivity index (χ0n) is 15.6. The Kier molecular flexibility index (Phi) is 4.77. The number of nitrogens with one attached hydrogen (secondary N) is 1. The SMILES string of the molecule is FC(F)(F)c1cc(-c2ccc(-c3nc(SCC4=NN=NC4)n[nH]3)o2)cc2cccnc12. The van der Waals surface area contributed by atoms with E-state index >= 15 is 0 Å². The van der Waals surface area contributed by atoms with E-state index < -0.39 is 11.7 Å². The molecule has 0 aliphatic carbocycles. The average Bonchev–Trinajstić information content (AvgIpc) is 3.52. The van der Waals surface area contributed by atoms with Crippen LogP contribution in [0.25, 0.3) is 33.8 Å². The Labute approximate surface area is 176 Å². The third-order valence-corrected chi connectivity index (χ3v) is 5.39. The fourth-order valence-corrected chi connectivity index (χ4v) is 3.76. The second-order valence-electron chi connectivity index (χ2n) is 6.57. The van der Waals surface area contributed by atoms with E-state index in [0.29, 0.717) is 40.0 Å². The molecule has 4 heterocycles. The number of aromatic nitrogens is 4. The second-order valence-corrected chi connectivity index (χ2v) is 7.51. The van der Waals surface area contributed by atoms with Gasteiger partial charge in [0.1, 0.15) is 12.3 Å². The van der Waals surface area contributed by atoms with Crippen LogP contribution >= 0.6 is 11.8 Å². The molecule has 0 atom stereocenters. The summed E-state index contributed by atoms with van der Waals surface area (Å²) in [4.78, 5) is 8.24. The van der Waals surface area contributed by atoms with Gasteiger partial charge in [-0.1, -0.05) is 17.8 Å². The lowest BCUT2D eigenvalue weighted by Crippen LogP contribution is -2.07. The van der Waals surface area contributed by atoms with Crippen molar-refractivity contribution in [3.63, 3.8) is 0 Å². The number of aromatic amines is 1. The second kappa shape index (κ2) is 7.61. The fraction of sp³-hybridized carbons (Fsp3) is 0.158. The van der Waals surface area contributed by atoms with Crippen molar-refractivity contribution in [2.24, 2.45) is 15.4 Å². The molecule has 0 radical (unpaired) electrons. The lowest BCUT2D eigenvalue weighted by molar-refractivity contribution is -0.136. The van der Waals surface area contributed by atoms with Crippen LogP contribution in [0.15, 0.2) is 67.6 Å². The molecule has 0 saturated carbocycles. The fourth-order valence-electron chi connectivity index (χ4n) is 3.05. The molecule has 5 rings (SSSR count). The number of thioether (sulfide) groups is 1. The molecule has 1 aliphatic rings. The topological polar surface area (TPSA) is 105 Å². The first kappa shape index (κ1) is 19.4. The summed E-state index contributed by atoms with van der Waals surface area (Å²) in [6, 6.07) is 9.05. The largest absolute Gasteiger partial charge is 0.453 e. The van der Waals surface area contributed by atoms with Gasteiger partial charge in [0.25, 0.3) is 0 Å². The summed E-state index contributed by atoms with van der Waals surface area (Å²) in [5.74, 6) is 1.56. The third kappa shape index (κ3) is 3.93. The highest BCUT2D eigenvalue weighted by atomic mass is 32.2. The number of nitrogens with zero attached hydrogens (tertiary/aromatic N) is 6. The van der Waals surface area contributed by atoms with Crippen molar-refractivity contribution in [2.45, 2.75) is 11.3 Å². The molecule has 31 heavy (non-hydrogen) atoms. The minimum atomic E-state index is -4.54. The van der Waals surface area contributed by atoms with Gasteiger partial charge in [-0.25, -0.2) is 0 Å². The van der Waals surface area contributed by atoms with Gasteiger partial charge in [0.05, 0.1) is 16.8 Å². The smallest absolute Gasteiger partial charge is 0.418 e. The molecule has 0 amide bonds. The van der Waals surface area contributed by atoms with Gasteiger partial charge in [0, 0.05) is 22.9 Å². The molecule has 0 fully saturated rings. The summed E-state index contributed by atoms with van der Waals surface area (Å²) in [6.45, 7) is 0.465. The van der Waals surface area contributed by atoms with Gasteiger partial charge >= 0.3 is 6.18 Å². The first-order chi connectivity index (χ1) is 15.0. The minimum absolute atomic E-state index is 0.102. The quantitative estimate of drug-likeness (QED) is 0.426. The summed E-state index contributed by atoms with van der Waals surface area (Å²) in [7, 11) is 0. The van der Waals surface area contributed by atoms with E-state index in [0.717, 1.165) is 11.8 Å². The molecule has 8 nitrogen and oxygen atoms in total. The van der Waals surface area contributed by atoms with Gasteiger partial charge in [0.2, 0.25) is 5.16 Å². The van der Waals surface area contributed by atoms with Gasteiger partial charge in [-0.3, -0.25) is 10.1 Å². The lowest BCUT2D eigenvalue weighted by atomic mass is 10.0. The predicted molar refractivity (Wildman–Crippen MR) is 108 cm³/mol. The van der Waals surface area contributed by atoms with Crippen molar-refractivity contribution in [1.29, 1.82) is 0 Å². The van der Waals surface area contributed by atoms with Crippen LogP contribution in [0, 0.1) is 0 Å². The van der Waals surface area contributed by atoms with E-state index in [4.69, 9.17) is 4.42 Å². The molecular formula is C19H12F3N7OS. The maximum Gasteiger partial charge on any atom is 0.418 e. The Bertz CT molecular complexity index is 1330. The van der Waals surface area contributed by atoms with E-state index in [1.165, 1.54) is 18.0 Å². The standard InChI is InChI=1S/C19H12F3N7OS/c20-19(21,22)13-7-11(6-10-2-1-5-23-16(10)13)14-3-4-15(30-14)17-25-18(28-27-17)31-9-12-8-24-29-26-12/h1-7H,8-9H2,(H,25,27,28). The number of pyridine rings is 1. The first-order valence-electron chi connectivity index (χ1n) is 9.01. The number of fused-ring (bicyclic) bond motifs is 1. The molecule has 0 bridgehead atoms. The van der Waals surface area contributed by atoms with E-state index in [9.17, 15) is 13.2 Å². The Morgan fingerprint density at radius 2 is 2.00 bits per heavy atom. The molecule has 1 N–H and O–H groups in total. The number of hydrogen-bond donors (Lipinski definition) is 1. The molecule has 1 aromatic carbocycles. The summed E-state index contributed by atoms with van der Waals surface area (Å²) in [5.41, 5.74) is 0.197. The van der Waals surface area contributed by atoms with Gasteiger partial charge in [-0.15, -0.1) is 10.2 Å². The Morgan fingerprint density at radius 3 is 2.81 bits per heavy atom. The molecule has 1 aliphatic heterocycles. The maximum absolute atomic E-state index is 13.6. The average molecular weight is 443 g/mol. The molecule has 0 spiro atoms. The summed E-state index contributed by atoms with van der Waals surface area (Å²) < 4.78 is 46.4. The number of halogens is 3. The molecule has 12 heteroatoms. The highest BCUT2D eigenvalue weighted by molar-refractivity contribution is 7.99. The number of benzene rings is 1. The van der Waals surface area contributed by atoms with E-state index in [1.54, 1.807) is 30.3 Å². The van der Waals surface area contributed by atoms with Gasteiger partial charge in [-0.2, -0.15) is 23.3 Å². The van der Waals surface area contributed by atoms with E-state index in [1.807, 2.05) is 0 Å². The Hall–Kier alpha value is -3.54. The van der Waals surface area contributed by atoms with Crippen LogP contribution in [0.3, 0.4) is 0 Å². The molecule has 156 valence electrons. The number of hydrogen-bond acceptors (Lipinski definition) is 8. The maximum atomic E-state index is 13.6. The van der Waals surface area contributed by atoms with Crippen LogP contribution in [-0.4, -0.2) is 38.2 Å². The third-order valence-electron chi connectivity index (χ3n) is 4.47. The Balaban J connectivity index is 1.43. The number of H-pyrrole nitrogens is 1. The summed E-state index contributed by atoms with van der Waals surface area (Å²) in [6.07, 6.45) is -3.20. The van der Waals surface area contributed by atoms with Crippen molar-refractivity contribution in [3.05, 3.63) is 48.2 Å². The lowest BCUT2D eigenvalue weighted by Gasteiger charge is -2.11. The Morgan fingerprint density at radius 1 is 1.13 bits per heavy atom. The van der Waals surface area contributed by atoms with Gasteiger partial charge in [0.15, 0.2) is 11.6 Å². The van der Waals surface area contributed by atoms with Crippen LogP contribution in [0.4, 0.5) is 13.2 Å². The van der Waals surface area contributed by atoms with Crippen molar-refractivity contribution in [2.75, 3.05) is 12.3 Å².